The molecule has 0 spiro atoms. The van der Waals surface area contributed by atoms with Gasteiger partial charge in [-0.1, -0.05) is 23.2 Å². The molecule has 7 heteroatoms. The highest BCUT2D eigenvalue weighted by atomic mass is 35.5. The van der Waals surface area contributed by atoms with Crippen molar-refractivity contribution in [1.82, 2.24) is 4.31 Å². The summed E-state index contributed by atoms with van der Waals surface area (Å²) >= 11 is 17.6. The van der Waals surface area contributed by atoms with E-state index in [4.69, 9.17) is 34.8 Å². The molecule has 0 amide bonds. The highest BCUT2D eigenvalue weighted by Crippen LogP contribution is 2.31. The summed E-state index contributed by atoms with van der Waals surface area (Å²) in [7, 11) is -3.59. The summed E-state index contributed by atoms with van der Waals surface area (Å²) in [5, 5.41) is 0.566. The van der Waals surface area contributed by atoms with Gasteiger partial charge >= 0.3 is 0 Å². The monoisotopic (exact) mass is 355 g/mol. The normalized spacial score (nSPS) is 21.1. The van der Waals surface area contributed by atoms with Gasteiger partial charge in [0, 0.05) is 24.0 Å². The van der Waals surface area contributed by atoms with Crippen LogP contribution in [0.25, 0.3) is 0 Å². The van der Waals surface area contributed by atoms with Gasteiger partial charge in [-0.15, -0.1) is 11.6 Å². The maximum absolute atomic E-state index is 12.7. The average Bonchev–Trinajstić information content (AvgIpc) is 2.42. The quantitative estimate of drug-likeness (QED) is 0.764. The molecule has 1 heterocycles. The number of alkyl halides is 1. The van der Waals surface area contributed by atoms with Crippen molar-refractivity contribution in [3.8, 4) is 0 Å². The Labute approximate surface area is 134 Å². The van der Waals surface area contributed by atoms with E-state index >= 15 is 0 Å². The third-order valence-electron chi connectivity index (χ3n) is 3.51. The van der Waals surface area contributed by atoms with E-state index in [2.05, 4.69) is 0 Å². The van der Waals surface area contributed by atoms with Crippen LogP contribution in [0.5, 0.6) is 0 Å². The minimum absolute atomic E-state index is 0.0817. The highest BCUT2D eigenvalue weighted by Gasteiger charge is 2.31. The van der Waals surface area contributed by atoms with Gasteiger partial charge in [-0.3, -0.25) is 0 Å². The van der Waals surface area contributed by atoms with Crippen LogP contribution in [0.15, 0.2) is 23.1 Å². The van der Waals surface area contributed by atoms with Gasteiger partial charge in [0.05, 0.1) is 5.02 Å². The Bertz CT molecular complexity index is 575. The second kappa shape index (κ2) is 6.84. The van der Waals surface area contributed by atoms with Gasteiger partial charge in [0.1, 0.15) is 4.90 Å². The predicted molar refractivity (Wildman–Crippen MR) is 83.3 cm³/mol. The molecular formula is C13H16Cl3NO2S. The Hall–Kier alpha value is -0.0000000000000000555. The molecule has 2 rings (SSSR count). The summed E-state index contributed by atoms with van der Waals surface area (Å²) in [4.78, 5) is 0.0817. The van der Waals surface area contributed by atoms with E-state index in [-0.39, 0.29) is 9.92 Å². The van der Waals surface area contributed by atoms with Crippen LogP contribution in [-0.4, -0.2) is 31.7 Å². The standard InChI is InChI=1S/C13H16Cl3NO2S/c14-6-5-10-2-1-7-17(9-10)20(18,19)13-8-11(15)3-4-12(13)16/h3-4,8,10H,1-2,5-7,9H2. The van der Waals surface area contributed by atoms with Crippen LogP contribution in [0.4, 0.5) is 0 Å². The van der Waals surface area contributed by atoms with Gasteiger partial charge < -0.3 is 0 Å². The first kappa shape index (κ1) is 16.4. The number of sulfonamides is 1. The second-order valence-corrected chi connectivity index (χ2v) is 8.05. The van der Waals surface area contributed by atoms with Crippen molar-refractivity contribution >= 4 is 44.8 Å². The van der Waals surface area contributed by atoms with Crippen LogP contribution < -0.4 is 0 Å². The minimum Gasteiger partial charge on any atom is -0.207 e. The van der Waals surface area contributed by atoms with Gasteiger partial charge in [0.25, 0.3) is 0 Å². The minimum atomic E-state index is -3.59. The molecule has 0 saturated carbocycles. The summed E-state index contributed by atoms with van der Waals surface area (Å²) in [5.74, 6) is 0.866. The van der Waals surface area contributed by atoms with Gasteiger partial charge in [-0.05, 0) is 43.4 Å². The first-order valence-electron chi connectivity index (χ1n) is 6.46. The molecule has 112 valence electrons. The van der Waals surface area contributed by atoms with E-state index in [0.717, 1.165) is 19.3 Å². The lowest BCUT2D eigenvalue weighted by Crippen LogP contribution is -2.40. The van der Waals surface area contributed by atoms with Crippen molar-refractivity contribution in [2.24, 2.45) is 5.92 Å². The molecule has 20 heavy (non-hydrogen) atoms. The fraction of sp³-hybridized carbons (Fsp3) is 0.538. The molecule has 1 aromatic carbocycles. The SMILES string of the molecule is O=S(=O)(c1cc(Cl)ccc1Cl)N1CCCC(CCCl)C1. The number of piperidine rings is 1. The zero-order valence-corrected chi connectivity index (χ0v) is 13.9. The maximum atomic E-state index is 12.7. The molecule has 1 saturated heterocycles. The van der Waals surface area contributed by atoms with Crippen LogP contribution in [0.1, 0.15) is 19.3 Å². The maximum Gasteiger partial charge on any atom is 0.244 e. The smallest absolute Gasteiger partial charge is 0.207 e. The Morgan fingerprint density at radius 1 is 1.30 bits per heavy atom. The van der Waals surface area contributed by atoms with Gasteiger partial charge in [-0.25, -0.2) is 8.42 Å². The van der Waals surface area contributed by atoms with Crippen molar-refractivity contribution in [1.29, 1.82) is 0 Å². The molecule has 0 radical (unpaired) electrons. The van der Waals surface area contributed by atoms with Crippen molar-refractivity contribution in [3.05, 3.63) is 28.2 Å². The molecule has 3 nitrogen and oxygen atoms in total. The average molecular weight is 357 g/mol. The van der Waals surface area contributed by atoms with Gasteiger partial charge in [-0.2, -0.15) is 4.31 Å². The van der Waals surface area contributed by atoms with Crippen molar-refractivity contribution in [2.75, 3.05) is 19.0 Å². The largest absolute Gasteiger partial charge is 0.244 e. The first-order chi connectivity index (χ1) is 9.45. The fourth-order valence-electron chi connectivity index (χ4n) is 2.45. The Kier molecular flexibility index (Phi) is 5.60. The van der Waals surface area contributed by atoms with Crippen molar-refractivity contribution < 1.29 is 8.42 Å². The van der Waals surface area contributed by atoms with Crippen LogP contribution in [0, 0.1) is 5.92 Å². The van der Waals surface area contributed by atoms with Gasteiger partial charge in [0.2, 0.25) is 10.0 Å². The summed E-state index contributed by atoms with van der Waals surface area (Å²) in [6, 6.07) is 4.50. The lowest BCUT2D eigenvalue weighted by Gasteiger charge is -2.31. The number of halogens is 3. The number of hydrogen-bond donors (Lipinski definition) is 0. The van der Waals surface area contributed by atoms with E-state index in [1.165, 1.54) is 16.4 Å². The van der Waals surface area contributed by atoms with Gasteiger partial charge in [0.15, 0.2) is 0 Å². The number of benzene rings is 1. The molecule has 1 fully saturated rings. The Morgan fingerprint density at radius 3 is 2.75 bits per heavy atom. The lowest BCUT2D eigenvalue weighted by atomic mass is 9.97. The third kappa shape index (κ3) is 3.60. The van der Waals surface area contributed by atoms with Crippen molar-refractivity contribution in [2.45, 2.75) is 24.2 Å². The Balaban J connectivity index is 2.27. The molecule has 1 aliphatic heterocycles. The summed E-state index contributed by atoms with van der Waals surface area (Å²) < 4.78 is 26.8. The van der Waals surface area contributed by atoms with E-state index in [9.17, 15) is 8.42 Å². The number of nitrogens with zero attached hydrogens (tertiary/aromatic N) is 1. The summed E-state index contributed by atoms with van der Waals surface area (Å²) in [5.41, 5.74) is 0. The molecule has 1 atom stereocenters. The number of rotatable bonds is 4. The molecule has 0 N–H and O–H groups in total. The van der Waals surface area contributed by atoms with Crippen LogP contribution >= 0.6 is 34.8 Å². The predicted octanol–water partition coefficient (Wildman–Crippen LogP) is 4.02. The fourth-order valence-corrected chi connectivity index (χ4v) is 5.05. The topological polar surface area (TPSA) is 37.4 Å². The zero-order chi connectivity index (χ0) is 14.8. The highest BCUT2D eigenvalue weighted by molar-refractivity contribution is 7.89. The van der Waals surface area contributed by atoms with Crippen LogP contribution in [-0.2, 0) is 10.0 Å². The first-order valence-corrected chi connectivity index (χ1v) is 9.19. The molecule has 0 bridgehead atoms. The molecule has 1 unspecified atom stereocenters. The summed E-state index contributed by atoms with van der Waals surface area (Å²) in [6.07, 6.45) is 2.69. The van der Waals surface area contributed by atoms with E-state index in [1.807, 2.05) is 0 Å². The van der Waals surface area contributed by atoms with E-state index in [1.54, 1.807) is 6.07 Å². The molecule has 1 aliphatic rings. The van der Waals surface area contributed by atoms with Crippen LogP contribution in [0.2, 0.25) is 10.0 Å². The van der Waals surface area contributed by atoms with E-state index < -0.39 is 10.0 Å². The second-order valence-electron chi connectivity index (χ2n) is 4.92. The molecular weight excluding hydrogens is 341 g/mol. The third-order valence-corrected chi connectivity index (χ3v) is 6.31. The molecule has 0 aromatic heterocycles. The summed E-state index contributed by atoms with van der Waals surface area (Å²) in [6.45, 7) is 1.02. The zero-order valence-electron chi connectivity index (χ0n) is 10.9. The molecule has 0 aliphatic carbocycles. The molecule has 1 aromatic rings. The number of hydrogen-bond acceptors (Lipinski definition) is 2. The van der Waals surface area contributed by atoms with E-state index in [0.29, 0.717) is 29.9 Å². The Morgan fingerprint density at radius 2 is 2.05 bits per heavy atom. The lowest BCUT2D eigenvalue weighted by molar-refractivity contribution is 0.262. The van der Waals surface area contributed by atoms with Crippen LogP contribution in [0.3, 0.4) is 0 Å². The van der Waals surface area contributed by atoms with Crippen molar-refractivity contribution in [3.63, 3.8) is 0 Å².